The Kier molecular flexibility index (Phi) is 11.2. The van der Waals surface area contributed by atoms with Gasteiger partial charge in [-0.15, -0.1) is 11.3 Å². The molecule has 0 saturated heterocycles. The van der Waals surface area contributed by atoms with Crippen molar-refractivity contribution >= 4 is 23.3 Å². The van der Waals surface area contributed by atoms with Gasteiger partial charge in [0.1, 0.15) is 0 Å². The van der Waals surface area contributed by atoms with Crippen LogP contribution in [-0.2, 0) is 32.9 Å². The summed E-state index contributed by atoms with van der Waals surface area (Å²) in [6.45, 7) is 4.36. The fourth-order valence-electron chi connectivity index (χ4n) is 4.28. The van der Waals surface area contributed by atoms with E-state index >= 15 is 0 Å². The number of ether oxygens (including phenoxy) is 4. The van der Waals surface area contributed by atoms with Gasteiger partial charge in [-0.3, -0.25) is 4.90 Å². The lowest BCUT2D eigenvalue weighted by molar-refractivity contribution is -0.134. The van der Waals surface area contributed by atoms with E-state index in [9.17, 15) is 9.59 Å². The molecule has 1 aromatic carbocycles. The van der Waals surface area contributed by atoms with Gasteiger partial charge in [-0.05, 0) is 67.6 Å². The molecule has 10 heteroatoms. The summed E-state index contributed by atoms with van der Waals surface area (Å²) in [4.78, 5) is 23.0. The third-order valence-corrected chi connectivity index (χ3v) is 7.13. The Bertz CT molecular complexity index is 1010. The molecule has 2 aromatic rings. The summed E-state index contributed by atoms with van der Waals surface area (Å²) in [6, 6.07) is 6.19. The second-order valence-electron chi connectivity index (χ2n) is 8.19. The lowest BCUT2D eigenvalue weighted by Crippen LogP contribution is -2.49. The first kappa shape index (κ1) is 29.2. The minimum absolute atomic E-state index is 0.0526. The highest BCUT2D eigenvalue weighted by Gasteiger charge is 2.40. The Morgan fingerprint density at radius 2 is 1.69 bits per heavy atom. The maximum absolute atomic E-state index is 9.55. The smallest absolute Gasteiger partial charge is 0.328 e. The Morgan fingerprint density at radius 1 is 1.08 bits per heavy atom. The van der Waals surface area contributed by atoms with Crippen LogP contribution in [0.5, 0.6) is 17.2 Å². The number of carboxylic acid groups (broad SMARTS) is 2. The predicted octanol–water partition coefficient (Wildman–Crippen LogP) is 4.19. The van der Waals surface area contributed by atoms with Gasteiger partial charge >= 0.3 is 11.9 Å². The number of benzene rings is 1. The molecule has 1 aromatic heterocycles. The number of fused-ring (bicyclic) bond motifs is 1. The minimum Gasteiger partial charge on any atom is -0.493 e. The van der Waals surface area contributed by atoms with Crippen LogP contribution in [0.3, 0.4) is 0 Å². The number of carbonyl (C=O) groups is 2. The van der Waals surface area contributed by atoms with Crippen molar-refractivity contribution in [3.8, 4) is 17.2 Å². The summed E-state index contributed by atoms with van der Waals surface area (Å²) >= 11 is 1.87. The van der Waals surface area contributed by atoms with Crippen LogP contribution in [0.2, 0.25) is 0 Å². The largest absolute Gasteiger partial charge is 0.493 e. The first-order valence-electron chi connectivity index (χ1n) is 11.5. The first-order valence-corrected chi connectivity index (χ1v) is 12.4. The fraction of sp³-hybridized carbons (Fsp3) is 0.462. The van der Waals surface area contributed by atoms with Gasteiger partial charge in [0, 0.05) is 17.0 Å². The molecule has 1 unspecified atom stereocenters. The maximum atomic E-state index is 9.55. The van der Waals surface area contributed by atoms with E-state index in [-0.39, 0.29) is 5.54 Å². The van der Waals surface area contributed by atoms with Crippen molar-refractivity contribution in [2.45, 2.75) is 38.3 Å². The van der Waals surface area contributed by atoms with Crippen molar-refractivity contribution in [3.05, 3.63) is 51.7 Å². The molecule has 198 valence electrons. The topological polar surface area (TPSA) is 115 Å². The summed E-state index contributed by atoms with van der Waals surface area (Å²) in [7, 11) is 7.08. The van der Waals surface area contributed by atoms with Crippen molar-refractivity contribution in [1.29, 1.82) is 0 Å². The molecule has 0 bridgehead atoms. The third kappa shape index (κ3) is 7.22. The van der Waals surface area contributed by atoms with E-state index in [0.717, 1.165) is 18.5 Å². The quantitative estimate of drug-likeness (QED) is 0.420. The molecule has 1 aliphatic rings. The van der Waals surface area contributed by atoms with E-state index in [0.29, 0.717) is 42.6 Å². The highest BCUT2D eigenvalue weighted by molar-refractivity contribution is 7.10. The van der Waals surface area contributed by atoms with Gasteiger partial charge < -0.3 is 29.2 Å². The van der Waals surface area contributed by atoms with E-state index < -0.39 is 11.9 Å². The van der Waals surface area contributed by atoms with E-state index in [1.165, 1.54) is 23.3 Å². The lowest BCUT2D eigenvalue weighted by atomic mass is 9.79. The Morgan fingerprint density at radius 3 is 2.19 bits per heavy atom. The van der Waals surface area contributed by atoms with Crippen LogP contribution in [0.15, 0.2) is 35.7 Å². The monoisotopic (exact) mass is 521 g/mol. The van der Waals surface area contributed by atoms with Crippen LogP contribution < -0.4 is 14.2 Å². The number of thiophene rings is 1. The molecular weight excluding hydrogens is 486 g/mol. The molecule has 1 heterocycles. The molecule has 1 atom stereocenters. The fourth-order valence-corrected chi connectivity index (χ4v) is 5.30. The van der Waals surface area contributed by atoms with E-state index in [1.54, 1.807) is 21.3 Å². The average Bonchev–Trinajstić information content (AvgIpc) is 3.36. The van der Waals surface area contributed by atoms with Crippen LogP contribution in [0.1, 0.15) is 35.8 Å². The summed E-state index contributed by atoms with van der Waals surface area (Å²) in [5.74, 6) is -0.608. The summed E-state index contributed by atoms with van der Waals surface area (Å²) in [5.41, 5.74) is 2.39. The van der Waals surface area contributed by atoms with Gasteiger partial charge in [0.2, 0.25) is 5.75 Å². The zero-order chi connectivity index (χ0) is 26.7. The molecule has 3 rings (SSSR count). The molecular formula is C26H35NO8S. The number of aryl methyl sites for hydroxylation is 1. The van der Waals surface area contributed by atoms with Gasteiger partial charge in [0.05, 0.1) is 40.1 Å². The molecule has 36 heavy (non-hydrogen) atoms. The van der Waals surface area contributed by atoms with Crippen molar-refractivity contribution in [1.82, 2.24) is 4.90 Å². The van der Waals surface area contributed by atoms with Gasteiger partial charge in [-0.1, -0.05) is 6.92 Å². The van der Waals surface area contributed by atoms with Crippen molar-refractivity contribution < 1.29 is 38.7 Å². The maximum Gasteiger partial charge on any atom is 0.328 e. The van der Waals surface area contributed by atoms with Crippen LogP contribution in [0.25, 0.3) is 0 Å². The molecule has 0 saturated carbocycles. The molecule has 0 aliphatic heterocycles. The summed E-state index contributed by atoms with van der Waals surface area (Å²) in [6.07, 6.45) is 4.62. The number of methoxy groups -OCH3 is 3. The Balaban J connectivity index is 0.000000493. The molecule has 0 fully saturated rings. The van der Waals surface area contributed by atoms with Crippen LogP contribution >= 0.6 is 11.3 Å². The van der Waals surface area contributed by atoms with Gasteiger partial charge in [0.15, 0.2) is 11.5 Å². The molecule has 2 N–H and O–H groups in total. The van der Waals surface area contributed by atoms with Gasteiger partial charge in [-0.25, -0.2) is 9.59 Å². The van der Waals surface area contributed by atoms with E-state index in [4.69, 9.17) is 29.2 Å². The Hall–Kier alpha value is -3.08. The van der Waals surface area contributed by atoms with Gasteiger partial charge in [-0.2, -0.15) is 0 Å². The third-order valence-electron chi connectivity index (χ3n) is 6.15. The number of rotatable bonds is 11. The van der Waals surface area contributed by atoms with Crippen LogP contribution in [0, 0.1) is 0 Å². The zero-order valence-electron chi connectivity index (χ0n) is 21.4. The standard InChI is InChI=1S/C22H31NO4S.C4H4O4/c1-6-23(2)22(10-7-8-20-17(22)9-11-28-20)15-27-14-16-12-18(24-3)21(26-5)19(13-16)25-4;5-3(6)1-2-4(7)8/h9,11-13H,6-8,10,14-15H2,1-5H3;1-2H,(H,5,6)(H,7,8)/b;2-1+. The molecule has 0 radical (unpaired) electrons. The van der Waals surface area contributed by atoms with Gasteiger partial charge in [0.25, 0.3) is 0 Å². The minimum atomic E-state index is -1.26. The van der Waals surface area contributed by atoms with Crippen LogP contribution in [-0.4, -0.2) is 68.6 Å². The number of aliphatic carboxylic acids is 2. The second-order valence-corrected chi connectivity index (χ2v) is 9.19. The number of hydrogen-bond donors (Lipinski definition) is 2. The predicted molar refractivity (Wildman–Crippen MR) is 137 cm³/mol. The molecule has 1 aliphatic carbocycles. The zero-order valence-corrected chi connectivity index (χ0v) is 22.2. The van der Waals surface area contributed by atoms with E-state index in [1.807, 2.05) is 23.5 Å². The van der Waals surface area contributed by atoms with Crippen molar-refractivity contribution in [2.24, 2.45) is 0 Å². The highest BCUT2D eigenvalue weighted by atomic mass is 32.1. The number of carboxylic acids is 2. The summed E-state index contributed by atoms with van der Waals surface area (Å²) < 4.78 is 22.6. The van der Waals surface area contributed by atoms with E-state index in [2.05, 4.69) is 30.3 Å². The number of hydrogen-bond acceptors (Lipinski definition) is 8. The lowest BCUT2D eigenvalue weighted by Gasteiger charge is -2.44. The molecule has 0 amide bonds. The first-order chi connectivity index (χ1) is 17.2. The van der Waals surface area contributed by atoms with Crippen molar-refractivity contribution in [3.63, 3.8) is 0 Å². The second kappa shape index (κ2) is 13.9. The molecule has 9 nitrogen and oxygen atoms in total. The van der Waals surface area contributed by atoms with Crippen LogP contribution in [0.4, 0.5) is 0 Å². The summed E-state index contributed by atoms with van der Waals surface area (Å²) in [5, 5.41) is 17.8. The van der Waals surface area contributed by atoms with Crippen molar-refractivity contribution in [2.75, 3.05) is 41.5 Å². The average molecular weight is 522 g/mol. The Labute approximate surface area is 215 Å². The number of nitrogens with zero attached hydrogens (tertiary/aromatic N) is 1. The normalized spacial score (nSPS) is 16.7. The highest BCUT2D eigenvalue weighted by Crippen LogP contribution is 2.43. The SMILES string of the molecule is CCN(C)C1(COCc2cc(OC)c(OC)c(OC)c2)CCCc2sccc21.O=C(O)/C=C/C(=O)O. The molecule has 0 spiro atoms. The number of likely N-dealkylation sites (N-methyl/N-ethyl adjacent to an activating group) is 1.